The average Bonchev–Trinajstić information content (AvgIpc) is 2.34. The molecule has 0 bridgehead atoms. The minimum atomic E-state index is -1.00. The predicted molar refractivity (Wildman–Crippen MR) is 80.7 cm³/mol. The van der Waals surface area contributed by atoms with Gasteiger partial charge in [0.25, 0.3) is 0 Å². The number of nitrogens with one attached hydrogen (secondary N) is 1. The molecule has 1 heterocycles. The largest absolute Gasteiger partial charge is 0.342 e. The fourth-order valence-electron chi connectivity index (χ4n) is 2.46. The van der Waals surface area contributed by atoms with Crippen molar-refractivity contribution in [3.05, 3.63) is 0 Å². The molecule has 0 aliphatic carbocycles. The van der Waals surface area contributed by atoms with Crippen LogP contribution in [0.25, 0.3) is 0 Å². The number of rotatable bonds is 6. The standard InChI is InChI=1S/C14H26N2O3S/c1-6-12-13(17)15-11(7-9(2)3)14(18)16(12)8-10(4)20(5)19/h9-12H,6-8H2,1-5H3,(H,15,17). The summed E-state index contributed by atoms with van der Waals surface area (Å²) in [7, 11) is -1.00. The Hall–Kier alpha value is -0.910. The van der Waals surface area contributed by atoms with E-state index in [2.05, 4.69) is 5.32 Å². The van der Waals surface area contributed by atoms with Crippen LogP contribution in [0.15, 0.2) is 0 Å². The molecule has 5 nitrogen and oxygen atoms in total. The number of nitrogens with zero attached hydrogens (tertiary/aromatic N) is 1. The van der Waals surface area contributed by atoms with Gasteiger partial charge in [0, 0.05) is 28.9 Å². The molecule has 0 aromatic rings. The SMILES string of the molecule is CCC1C(=O)NC(CC(C)C)C(=O)N1CC(C)S(C)=O. The lowest BCUT2D eigenvalue weighted by Crippen LogP contribution is -2.64. The van der Waals surface area contributed by atoms with E-state index in [1.54, 1.807) is 11.2 Å². The summed E-state index contributed by atoms with van der Waals surface area (Å²) in [4.78, 5) is 26.3. The van der Waals surface area contributed by atoms with Gasteiger partial charge in [0.05, 0.1) is 0 Å². The summed E-state index contributed by atoms with van der Waals surface area (Å²) in [6, 6.07) is -0.875. The van der Waals surface area contributed by atoms with Crippen molar-refractivity contribution >= 4 is 22.6 Å². The van der Waals surface area contributed by atoms with Gasteiger partial charge >= 0.3 is 0 Å². The van der Waals surface area contributed by atoms with Gasteiger partial charge in [0.15, 0.2) is 0 Å². The zero-order valence-corrected chi connectivity index (χ0v) is 13.8. The minimum Gasteiger partial charge on any atom is -0.342 e. The summed E-state index contributed by atoms with van der Waals surface area (Å²) in [5, 5.41) is 2.70. The maximum Gasteiger partial charge on any atom is 0.245 e. The molecule has 0 spiro atoms. The van der Waals surface area contributed by atoms with E-state index in [9.17, 15) is 13.8 Å². The first-order valence-corrected chi connectivity index (χ1v) is 8.83. The van der Waals surface area contributed by atoms with Crippen molar-refractivity contribution in [1.29, 1.82) is 0 Å². The number of amides is 2. The summed E-state index contributed by atoms with van der Waals surface area (Å²) in [5.74, 6) is 0.205. The number of carbonyl (C=O) groups excluding carboxylic acids is 2. The monoisotopic (exact) mass is 302 g/mol. The third-order valence-corrected chi connectivity index (χ3v) is 4.97. The molecular weight excluding hydrogens is 276 g/mol. The summed E-state index contributed by atoms with van der Waals surface area (Å²) >= 11 is 0. The number of piperazine rings is 1. The third-order valence-electron chi connectivity index (χ3n) is 3.69. The van der Waals surface area contributed by atoms with Crippen LogP contribution in [0.2, 0.25) is 0 Å². The smallest absolute Gasteiger partial charge is 0.245 e. The third kappa shape index (κ3) is 4.04. The van der Waals surface area contributed by atoms with Crippen LogP contribution in [0, 0.1) is 5.92 Å². The molecule has 4 unspecified atom stereocenters. The van der Waals surface area contributed by atoms with E-state index in [0.717, 1.165) is 0 Å². The van der Waals surface area contributed by atoms with E-state index in [4.69, 9.17) is 0 Å². The Morgan fingerprint density at radius 2 is 1.90 bits per heavy atom. The molecule has 20 heavy (non-hydrogen) atoms. The summed E-state index contributed by atoms with van der Waals surface area (Å²) in [6.07, 6.45) is 2.85. The van der Waals surface area contributed by atoms with Gasteiger partial charge < -0.3 is 10.2 Å². The normalized spacial score (nSPS) is 26.6. The van der Waals surface area contributed by atoms with Gasteiger partial charge in [-0.1, -0.05) is 20.8 Å². The Kier molecular flexibility index (Phi) is 6.17. The summed E-state index contributed by atoms with van der Waals surface area (Å²) in [5.41, 5.74) is 0. The topological polar surface area (TPSA) is 66.5 Å². The molecular formula is C14H26N2O3S. The minimum absolute atomic E-state index is 0.0394. The first-order chi connectivity index (χ1) is 9.27. The maximum atomic E-state index is 12.5. The first kappa shape index (κ1) is 17.1. The molecule has 0 radical (unpaired) electrons. The van der Waals surface area contributed by atoms with Gasteiger partial charge in [-0.3, -0.25) is 13.8 Å². The summed E-state index contributed by atoms with van der Waals surface area (Å²) < 4.78 is 11.5. The lowest BCUT2D eigenvalue weighted by molar-refractivity contribution is -0.149. The van der Waals surface area contributed by atoms with Gasteiger partial charge in [-0.2, -0.15) is 0 Å². The Balaban J connectivity index is 2.91. The van der Waals surface area contributed by atoms with Crippen molar-refractivity contribution in [2.75, 3.05) is 12.8 Å². The van der Waals surface area contributed by atoms with E-state index >= 15 is 0 Å². The molecule has 1 fully saturated rings. The Morgan fingerprint density at radius 1 is 1.30 bits per heavy atom. The second kappa shape index (κ2) is 7.20. The van der Waals surface area contributed by atoms with Crippen molar-refractivity contribution in [3.8, 4) is 0 Å². The highest BCUT2D eigenvalue weighted by Crippen LogP contribution is 2.18. The van der Waals surface area contributed by atoms with Gasteiger partial charge in [-0.25, -0.2) is 0 Å². The highest BCUT2D eigenvalue weighted by Gasteiger charge is 2.40. The van der Waals surface area contributed by atoms with E-state index in [0.29, 0.717) is 25.3 Å². The molecule has 1 saturated heterocycles. The highest BCUT2D eigenvalue weighted by atomic mass is 32.2. The van der Waals surface area contributed by atoms with Crippen molar-refractivity contribution in [2.45, 2.75) is 57.9 Å². The number of hydrogen-bond donors (Lipinski definition) is 1. The van der Waals surface area contributed by atoms with Crippen molar-refractivity contribution in [1.82, 2.24) is 10.2 Å². The van der Waals surface area contributed by atoms with E-state index in [-0.39, 0.29) is 17.1 Å². The van der Waals surface area contributed by atoms with Gasteiger partial charge in [-0.05, 0) is 25.7 Å². The van der Waals surface area contributed by atoms with Gasteiger partial charge in [0.1, 0.15) is 12.1 Å². The number of carbonyl (C=O) groups is 2. The van der Waals surface area contributed by atoms with Gasteiger partial charge in [-0.15, -0.1) is 0 Å². The van der Waals surface area contributed by atoms with Crippen LogP contribution in [0.5, 0.6) is 0 Å². The second-order valence-corrected chi connectivity index (χ2v) is 7.72. The van der Waals surface area contributed by atoms with Crippen LogP contribution in [0.1, 0.15) is 40.5 Å². The molecule has 1 aliphatic heterocycles. The molecule has 2 amide bonds. The van der Waals surface area contributed by atoms with Crippen molar-refractivity contribution in [2.24, 2.45) is 5.92 Å². The molecule has 0 aromatic carbocycles. The molecule has 4 atom stereocenters. The van der Waals surface area contributed by atoms with Crippen molar-refractivity contribution < 1.29 is 13.8 Å². The molecule has 6 heteroatoms. The zero-order chi connectivity index (χ0) is 15.4. The van der Waals surface area contributed by atoms with Crippen LogP contribution in [-0.4, -0.2) is 51.1 Å². The molecule has 0 saturated carbocycles. The zero-order valence-electron chi connectivity index (χ0n) is 13.0. The molecule has 0 aromatic heterocycles. The van der Waals surface area contributed by atoms with Crippen LogP contribution in [-0.2, 0) is 20.4 Å². The number of hydrogen-bond acceptors (Lipinski definition) is 3. The van der Waals surface area contributed by atoms with Crippen LogP contribution in [0.3, 0.4) is 0 Å². The quantitative estimate of drug-likeness (QED) is 0.793. The van der Waals surface area contributed by atoms with Crippen LogP contribution in [0.4, 0.5) is 0 Å². The maximum absolute atomic E-state index is 12.5. The van der Waals surface area contributed by atoms with E-state index in [1.807, 2.05) is 27.7 Å². The van der Waals surface area contributed by atoms with Crippen LogP contribution >= 0.6 is 0 Å². The predicted octanol–water partition coefficient (Wildman–Crippen LogP) is 0.905. The first-order valence-electron chi connectivity index (χ1n) is 7.21. The lowest BCUT2D eigenvalue weighted by atomic mass is 9.97. The Bertz CT molecular complexity index is 398. The Morgan fingerprint density at radius 3 is 2.35 bits per heavy atom. The summed E-state index contributed by atoms with van der Waals surface area (Å²) in [6.45, 7) is 8.17. The van der Waals surface area contributed by atoms with E-state index in [1.165, 1.54) is 0 Å². The Labute approximate surface area is 123 Å². The fourth-order valence-corrected chi connectivity index (χ4v) is 2.83. The molecule has 1 N–H and O–H groups in total. The average molecular weight is 302 g/mol. The van der Waals surface area contributed by atoms with Gasteiger partial charge in [0.2, 0.25) is 11.8 Å². The van der Waals surface area contributed by atoms with Crippen molar-refractivity contribution in [3.63, 3.8) is 0 Å². The molecule has 1 aliphatic rings. The second-order valence-electron chi connectivity index (χ2n) is 5.91. The van der Waals surface area contributed by atoms with Crippen LogP contribution < -0.4 is 5.32 Å². The highest BCUT2D eigenvalue weighted by molar-refractivity contribution is 7.84. The van der Waals surface area contributed by atoms with E-state index < -0.39 is 22.9 Å². The molecule has 116 valence electrons. The molecule has 1 rings (SSSR count). The fraction of sp³-hybridized carbons (Fsp3) is 0.857. The lowest BCUT2D eigenvalue weighted by Gasteiger charge is -2.40.